The Morgan fingerprint density at radius 1 is 1.15 bits per heavy atom. The number of rotatable bonds is 6. The summed E-state index contributed by atoms with van der Waals surface area (Å²) in [5.41, 5.74) is 2.49. The lowest BCUT2D eigenvalue weighted by atomic mass is 9.95. The van der Waals surface area contributed by atoms with Crippen LogP contribution in [0.5, 0.6) is 6.01 Å². The van der Waals surface area contributed by atoms with E-state index in [9.17, 15) is 9.65 Å². The summed E-state index contributed by atoms with van der Waals surface area (Å²) in [6, 6.07) is 21.0. The van der Waals surface area contributed by atoms with Crippen LogP contribution in [0, 0.1) is 11.3 Å². The van der Waals surface area contributed by atoms with Crippen molar-refractivity contribution in [2.24, 2.45) is 0 Å². The average Bonchev–Trinajstić information content (AvgIpc) is 3.51. The molecule has 3 atom stereocenters. The van der Waals surface area contributed by atoms with E-state index in [-0.39, 0.29) is 11.6 Å². The van der Waals surface area contributed by atoms with Crippen LogP contribution in [-0.2, 0) is 0 Å². The Hall–Kier alpha value is -3.51. The molecule has 0 saturated carbocycles. The van der Waals surface area contributed by atoms with Crippen LogP contribution in [0.1, 0.15) is 25.7 Å². The van der Waals surface area contributed by atoms with Crippen molar-refractivity contribution < 1.29 is 9.13 Å². The summed E-state index contributed by atoms with van der Waals surface area (Å²) in [4.78, 5) is 14.3. The molecule has 3 aliphatic rings. The first-order valence-corrected chi connectivity index (χ1v) is 14.8. The molecule has 7 rings (SSSR count). The van der Waals surface area contributed by atoms with Crippen LogP contribution in [-0.4, -0.2) is 72.0 Å². The Balaban J connectivity index is 1.33. The second-order valence-corrected chi connectivity index (χ2v) is 11.9. The standard InChI is InChI=1S/C32H32ClFN6O/c33-27-7-2-5-21-4-1-6-25(29(21)27)22-8-9-26-28(16-22)37-31(38-30(26)40-15-13-36-18-24(40)10-12-35)41-20-32-11-3-14-39(32)19-23(34)17-32/h1-2,4-9,16,23-24,36H,3,10-11,13-15,17-20H2/t23-,24?,32+/m1/s1. The Bertz CT molecular complexity index is 1650. The first-order chi connectivity index (χ1) is 20.0. The normalized spacial score (nSPS) is 24.6. The molecular formula is C32H32ClFN6O. The Morgan fingerprint density at radius 3 is 2.90 bits per heavy atom. The summed E-state index contributed by atoms with van der Waals surface area (Å²) in [7, 11) is 0. The van der Waals surface area contributed by atoms with Crippen LogP contribution in [0.4, 0.5) is 10.2 Å². The largest absolute Gasteiger partial charge is 0.461 e. The fraction of sp³-hybridized carbons (Fsp3) is 0.406. The number of anilines is 1. The quantitative estimate of drug-likeness (QED) is 0.316. The number of halogens is 2. The zero-order chi connectivity index (χ0) is 28.0. The van der Waals surface area contributed by atoms with Gasteiger partial charge in [0.2, 0.25) is 0 Å². The molecule has 0 radical (unpaired) electrons. The van der Waals surface area contributed by atoms with Gasteiger partial charge in [0.05, 0.1) is 29.6 Å². The Labute approximate surface area is 243 Å². The maximum Gasteiger partial charge on any atom is 0.319 e. The fourth-order valence-electron chi connectivity index (χ4n) is 7.05. The lowest BCUT2D eigenvalue weighted by Gasteiger charge is -2.36. The Morgan fingerprint density at radius 2 is 2.02 bits per heavy atom. The van der Waals surface area contributed by atoms with Crippen LogP contribution < -0.4 is 15.0 Å². The molecule has 210 valence electrons. The van der Waals surface area contributed by atoms with E-state index in [1.54, 1.807) is 0 Å². The van der Waals surface area contributed by atoms with E-state index in [4.69, 9.17) is 26.3 Å². The van der Waals surface area contributed by atoms with E-state index < -0.39 is 6.17 Å². The van der Waals surface area contributed by atoms with E-state index in [1.807, 2.05) is 18.2 Å². The summed E-state index contributed by atoms with van der Waals surface area (Å²) in [6.45, 7) is 3.96. The van der Waals surface area contributed by atoms with E-state index in [0.717, 1.165) is 71.1 Å². The van der Waals surface area contributed by atoms with Crippen LogP contribution in [0.15, 0.2) is 54.6 Å². The smallest absolute Gasteiger partial charge is 0.319 e. The summed E-state index contributed by atoms with van der Waals surface area (Å²) >= 11 is 6.67. The molecule has 41 heavy (non-hydrogen) atoms. The van der Waals surface area contributed by atoms with Gasteiger partial charge in [0, 0.05) is 48.4 Å². The topological polar surface area (TPSA) is 77.3 Å². The van der Waals surface area contributed by atoms with Crippen molar-refractivity contribution in [1.29, 1.82) is 5.26 Å². The molecule has 1 unspecified atom stereocenters. The van der Waals surface area contributed by atoms with Gasteiger partial charge >= 0.3 is 6.01 Å². The maximum atomic E-state index is 14.4. The minimum atomic E-state index is -0.824. The Kier molecular flexibility index (Phi) is 6.90. The number of hydrogen-bond donors (Lipinski definition) is 1. The van der Waals surface area contributed by atoms with Gasteiger partial charge in [-0.25, -0.2) is 4.39 Å². The number of hydrogen-bond acceptors (Lipinski definition) is 7. The molecule has 4 heterocycles. The van der Waals surface area contributed by atoms with Gasteiger partial charge in [-0.2, -0.15) is 15.2 Å². The monoisotopic (exact) mass is 570 g/mol. The minimum Gasteiger partial charge on any atom is -0.461 e. The molecule has 3 aromatic carbocycles. The van der Waals surface area contributed by atoms with Crippen molar-refractivity contribution in [1.82, 2.24) is 20.2 Å². The second kappa shape index (κ2) is 10.7. The predicted molar refractivity (Wildman–Crippen MR) is 160 cm³/mol. The third kappa shape index (κ3) is 4.76. The fourth-order valence-corrected chi connectivity index (χ4v) is 7.34. The number of alkyl halides is 1. The zero-order valence-corrected chi connectivity index (χ0v) is 23.6. The number of fused-ring (bicyclic) bond motifs is 3. The van der Waals surface area contributed by atoms with Crippen molar-refractivity contribution >= 4 is 39.1 Å². The number of nitrogens with one attached hydrogen (secondary N) is 1. The number of aromatic nitrogens is 2. The van der Waals surface area contributed by atoms with Gasteiger partial charge in [-0.1, -0.05) is 48.0 Å². The van der Waals surface area contributed by atoms with Gasteiger partial charge in [-0.3, -0.25) is 4.90 Å². The summed E-state index contributed by atoms with van der Waals surface area (Å²) in [5.74, 6) is 0.768. The van der Waals surface area contributed by atoms with E-state index in [0.29, 0.717) is 43.6 Å². The van der Waals surface area contributed by atoms with Gasteiger partial charge in [0.1, 0.15) is 18.6 Å². The highest BCUT2D eigenvalue weighted by atomic mass is 35.5. The average molecular weight is 571 g/mol. The van der Waals surface area contributed by atoms with Gasteiger partial charge < -0.3 is 15.0 Å². The molecule has 3 fully saturated rings. The van der Waals surface area contributed by atoms with Gasteiger partial charge in [-0.15, -0.1) is 0 Å². The number of nitriles is 1. The third-order valence-corrected chi connectivity index (χ3v) is 9.32. The number of benzene rings is 3. The highest BCUT2D eigenvalue weighted by Gasteiger charge is 2.49. The zero-order valence-electron chi connectivity index (χ0n) is 22.8. The number of nitrogens with zero attached hydrogens (tertiary/aromatic N) is 5. The summed E-state index contributed by atoms with van der Waals surface area (Å²) < 4.78 is 20.8. The molecule has 3 aliphatic heterocycles. The van der Waals surface area contributed by atoms with Crippen molar-refractivity contribution in [3.05, 3.63) is 59.6 Å². The predicted octanol–water partition coefficient (Wildman–Crippen LogP) is 5.75. The van der Waals surface area contributed by atoms with Gasteiger partial charge in [0.15, 0.2) is 0 Å². The SMILES string of the molecule is N#CCC1CNCCN1c1nc(OC[C@@]23CCCN2C[C@H](F)C3)nc2cc(-c3cccc4cccc(Cl)c34)ccc12. The summed E-state index contributed by atoms with van der Waals surface area (Å²) in [6.07, 6.45) is 2.02. The molecule has 9 heteroatoms. The minimum absolute atomic E-state index is 0.0118. The van der Waals surface area contributed by atoms with Crippen LogP contribution in [0.2, 0.25) is 5.02 Å². The second-order valence-electron chi connectivity index (χ2n) is 11.5. The van der Waals surface area contributed by atoms with Crippen molar-refractivity contribution in [2.75, 3.05) is 44.2 Å². The molecule has 0 spiro atoms. The van der Waals surface area contributed by atoms with Crippen LogP contribution in [0.25, 0.3) is 32.8 Å². The van der Waals surface area contributed by atoms with E-state index in [2.05, 4.69) is 57.6 Å². The molecule has 0 bridgehead atoms. The van der Waals surface area contributed by atoms with Crippen molar-refractivity contribution in [3.8, 4) is 23.2 Å². The highest BCUT2D eigenvalue weighted by molar-refractivity contribution is 6.36. The molecule has 0 aliphatic carbocycles. The molecule has 0 amide bonds. The van der Waals surface area contributed by atoms with Crippen molar-refractivity contribution in [2.45, 2.75) is 43.4 Å². The van der Waals surface area contributed by atoms with Gasteiger partial charge in [0.25, 0.3) is 0 Å². The molecule has 1 N–H and O–H groups in total. The van der Waals surface area contributed by atoms with Gasteiger partial charge in [-0.05, 0) is 54.1 Å². The molecule has 7 nitrogen and oxygen atoms in total. The van der Waals surface area contributed by atoms with E-state index >= 15 is 0 Å². The van der Waals surface area contributed by atoms with Crippen LogP contribution in [0.3, 0.4) is 0 Å². The molecule has 3 saturated heterocycles. The lowest BCUT2D eigenvalue weighted by molar-refractivity contribution is 0.107. The number of ether oxygens (including phenoxy) is 1. The van der Waals surface area contributed by atoms with E-state index in [1.165, 1.54) is 0 Å². The first kappa shape index (κ1) is 26.4. The molecular weight excluding hydrogens is 539 g/mol. The number of piperazine rings is 1. The van der Waals surface area contributed by atoms with Crippen molar-refractivity contribution in [3.63, 3.8) is 0 Å². The summed E-state index contributed by atoms with van der Waals surface area (Å²) in [5, 5.41) is 16.6. The lowest BCUT2D eigenvalue weighted by Crippen LogP contribution is -2.51. The molecule has 4 aromatic rings. The molecule has 1 aromatic heterocycles. The highest BCUT2D eigenvalue weighted by Crippen LogP contribution is 2.41. The third-order valence-electron chi connectivity index (χ3n) is 9.00. The van der Waals surface area contributed by atoms with Crippen LogP contribution >= 0.6 is 11.6 Å². The maximum absolute atomic E-state index is 14.4. The first-order valence-electron chi connectivity index (χ1n) is 14.4.